The number of nitrogens with zero attached hydrogens (tertiary/aromatic N) is 1. The summed E-state index contributed by atoms with van der Waals surface area (Å²) in [7, 11) is 2.09. The lowest BCUT2D eigenvalue weighted by Crippen LogP contribution is -2.32. The Bertz CT molecular complexity index is 568. The van der Waals surface area contributed by atoms with Crippen LogP contribution in [0.3, 0.4) is 0 Å². The van der Waals surface area contributed by atoms with Crippen LogP contribution in [-0.2, 0) is 6.54 Å². The highest BCUT2D eigenvalue weighted by molar-refractivity contribution is 5.34. The number of hydrogen-bond donors (Lipinski definition) is 0. The molecule has 1 atom stereocenters. The molecule has 1 aliphatic rings. The van der Waals surface area contributed by atoms with E-state index in [4.69, 9.17) is 9.15 Å². The number of aryl methyl sites for hydroxylation is 2. The zero-order valence-electron chi connectivity index (χ0n) is 11.6. The molecule has 0 saturated heterocycles. The summed E-state index contributed by atoms with van der Waals surface area (Å²) in [4.78, 5) is 2.22. The van der Waals surface area contributed by atoms with Crippen LogP contribution >= 0.6 is 0 Å². The predicted molar refractivity (Wildman–Crippen MR) is 74.3 cm³/mol. The molecule has 0 aliphatic carbocycles. The summed E-state index contributed by atoms with van der Waals surface area (Å²) in [6, 6.07) is 8.35. The molecule has 3 nitrogen and oxygen atoms in total. The first-order valence-corrected chi connectivity index (χ1v) is 6.61. The minimum Gasteiger partial charge on any atom is -0.484 e. The largest absolute Gasteiger partial charge is 0.484 e. The van der Waals surface area contributed by atoms with Crippen LogP contribution in [0.5, 0.6) is 5.75 Å². The highest BCUT2D eigenvalue weighted by atomic mass is 16.5. The molecule has 1 aromatic heterocycles. The van der Waals surface area contributed by atoms with Crippen LogP contribution in [-0.4, -0.2) is 18.5 Å². The van der Waals surface area contributed by atoms with Gasteiger partial charge in [0.2, 0.25) is 0 Å². The Kier molecular flexibility index (Phi) is 3.07. The van der Waals surface area contributed by atoms with E-state index in [0.29, 0.717) is 0 Å². The van der Waals surface area contributed by atoms with Crippen LogP contribution in [0, 0.1) is 13.8 Å². The third-order valence-corrected chi connectivity index (χ3v) is 3.49. The minimum atomic E-state index is 0.0497. The van der Waals surface area contributed by atoms with E-state index in [-0.39, 0.29) is 6.10 Å². The molecule has 1 unspecified atom stereocenters. The highest BCUT2D eigenvalue weighted by Gasteiger charge is 2.27. The Labute approximate surface area is 113 Å². The summed E-state index contributed by atoms with van der Waals surface area (Å²) >= 11 is 0. The van der Waals surface area contributed by atoms with Gasteiger partial charge in [0, 0.05) is 12.1 Å². The van der Waals surface area contributed by atoms with Crippen molar-refractivity contribution in [1.29, 1.82) is 0 Å². The van der Waals surface area contributed by atoms with Gasteiger partial charge in [-0.2, -0.15) is 0 Å². The summed E-state index contributed by atoms with van der Waals surface area (Å²) < 4.78 is 11.7. The van der Waals surface area contributed by atoms with Crippen molar-refractivity contribution in [2.45, 2.75) is 26.5 Å². The van der Waals surface area contributed by atoms with E-state index in [2.05, 4.69) is 44.0 Å². The molecule has 0 fully saturated rings. The molecule has 1 aliphatic heterocycles. The van der Waals surface area contributed by atoms with Gasteiger partial charge in [0.25, 0.3) is 0 Å². The summed E-state index contributed by atoms with van der Waals surface area (Å²) in [5.74, 6) is 1.95. The Balaban J connectivity index is 1.88. The molecule has 0 spiro atoms. The molecule has 0 radical (unpaired) electrons. The van der Waals surface area contributed by atoms with Gasteiger partial charge < -0.3 is 9.15 Å². The number of ether oxygens (including phenoxy) is 1. The van der Waals surface area contributed by atoms with Crippen molar-refractivity contribution in [3.05, 3.63) is 53.0 Å². The van der Waals surface area contributed by atoms with E-state index in [1.54, 1.807) is 6.26 Å². The maximum absolute atomic E-state index is 6.17. The molecule has 0 bridgehead atoms. The number of rotatable bonds is 2. The van der Waals surface area contributed by atoms with Crippen molar-refractivity contribution in [3.8, 4) is 5.75 Å². The molecule has 100 valence electrons. The second-order valence-electron chi connectivity index (χ2n) is 5.43. The standard InChI is InChI=1S/C16H19NO2/c1-11-6-12(2)8-13(7-11)19-16-10-17(3)9-15-14(16)4-5-18-15/h4-8,16H,9-10H2,1-3H3. The van der Waals surface area contributed by atoms with Crippen LogP contribution in [0.1, 0.15) is 28.6 Å². The lowest BCUT2D eigenvalue weighted by Gasteiger charge is -2.29. The van der Waals surface area contributed by atoms with Gasteiger partial charge in [-0.25, -0.2) is 0 Å². The normalized spacial score (nSPS) is 19.2. The number of furan rings is 1. The number of hydrogen-bond acceptors (Lipinski definition) is 3. The molecule has 0 N–H and O–H groups in total. The lowest BCUT2D eigenvalue weighted by atomic mass is 10.1. The van der Waals surface area contributed by atoms with Crippen LogP contribution in [0.2, 0.25) is 0 Å². The first kappa shape index (κ1) is 12.3. The van der Waals surface area contributed by atoms with Gasteiger partial charge in [-0.1, -0.05) is 6.07 Å². The van der Waals surface area contributed by atoms with E-state index >= 15 is 0 Å². The first-order valence-electron chi connectivity index (χ1n) is 6.61. The highest BCUT2D eigenvalue weighted by Crippen LogP contribution is 2.31. The molecule has 1 aromatic carbocycles. The average Bonchev–Trinajstić information content (AvgIpc) is 2.75. The SMILES string of the molecule is Cc1cc(C)cc(OC2CN(C)Cc3occc32)c1. The third kappa shape index (κ3) is 2.51. The smallest absolute Gasteiger partial charge is 0.140 e. The summed E-state index contributed by atoms with van der Waals surface area (Å²) in [5.41, 5.74) is 3.63. The maximum Gasteiger partial charge on any atom is 0.140 e. The number of fused-ring (bicyclic) bond motifs is 1. The zero-order valence-corrected chi connectivity index (χ0v) is 11.6. The number of likely N-dealkylation sites (N-methyl/N-ethyl adjacent to an activating group) is 1. The van der Waals surface area contributed by atoms with E-state index < -0.39 is 0 Å². The first-order chi connectivity index (χ1) is 9.11. The van der Waals surface area contributed by atoms with E-state index in [0.717, 1.165) is 24.6 Å². The zero-order chi connectivity index (χ0) is 13.4. The van der Waals surface area contributed by atoms with Crippen molar-refractivity contribution >= 4 is 0 Å². The number of benzene rings is 1. The van der Waals surface area contributed by atoms with Gasteiger partial charge in [0.05, 0.1) is 12.8 Å². The van der Waals surface area contributed by atoms with Crippen molar-refractivity contribution in [2.24, 2.45) is 0 Å². The molecular weight excluding hydrogens is 238 g/mol. The quantitative estimate of drug-likeness (QED) is 0.824. The van der Waals surface area contributed by atoms with Gasteiger partial charge in [-0.3, -0.25) is 4.90 Å². The van der Waals surface area contributed by atoms with Crippen molar-refractivity contribution in [3.63, 3.8) is 0 Å². The molecule has 2 aromatic rings. The minimum absolute atomic E-state index is 0.0497. The maximum atomic E-state index is 6.17. The third-order valence-electron chi connectivity index (χ3n) is 3.49. The van der Waals surface area contributed by atoms with Crippen LogP contribution in [0.15, 0.2) is 34.9 Å². The van der Waals surface area contributed by atoms with Crippen molar-refractivity contribution in [1.82, 2.24) is 4.90 Å². The van der Waals surface area contributed by atoms with Crippen LogP contribution in [0.4, 0.5) is 0 Å². The fourth-order valence-corrected chi connectivity index (χ4v) is 2.72. The Morgan fingerprint density at radius 3 is 2.68 bits per heavy atom. The van der Waals surface area contributed by atoms with Gasteiger partial charge in [0.15, 0.2) is 0 Å². The Morgan fingerprint density at radius 1 is 1.21 bits per heavy atom. The Morgan fingerprint density at radius 2 is 1.95 bits per heavy atom. The summed E-state index contributed by atoms with van der Waals surface area (Å²) in [5, 5.41) is 0. The molecule has 2 heterocycles. The molecule has 3 rings (SSSR count). The van der Waals surface area contributed by atoms with Gasteiger partial charge in [0.1, 0.15) is 17.6 Å². The summed E-state index contributed by atoms with van der Waals surface area (Å²) in [6.45, 7) is 5.93. The molecular formula is C16H19NO2. The predicted octanol–water partition coefficient (Wildman–Crippen LogP) is 3.46. The van der Waals surface area contributed by atoms with Gasteiger partial charge in [-0.15, -0.1) is 0 Å². The lowest BCUT2D eigenvalue weighted by molar-refractivity contribution is 0.120. The van der Waals surface area contributed by atoms with Crippen LogP contribution in [0.25, 0.3) is 0 Å². The molecule has 0 amide bonds. The van der Waals surface area contributed by atoms with Gasteiger partial charge >= 0.3 is 0 Å². The monoisotopic (exact) mass is 257 g/mol. The van der Waals surface area contributed by atoms with Crippen molar-refractivity contribution in [2.75, 3.05) is 13.6 Å². The average molecular weight is 257 g/mol. The fourth-order valence-electron chi connectivity index (χ4n) is 2.72. The van der Waals surface area contributed by atoms with E-state index in [9.17, 15) is 0 Å². The summed E-state index contributed by atoms with van der Waals surface area (Å²) in [6.07, 6.45) is 1.80. The second kappa shape index (κ2) is 4.74. The Hall–Kier alpha value is -1.74. The molecule has 19 heavy (non-hydrogen) atoms. The second-order valence-corrected chi connectivity index (χ2v) is 5.43. The van der Waals surface area contributed by atoms with E-state index in [1.165, 1.54) is 16.7 Å². The van der Waals surface area contributed by atoms with Crippen molar-refractivity contribution < 1.29 is 9.15 Å². The molecule has 3 heteroatoms. The topological polar surface area (TPSA) is 25.6 Å². The van der Waals surface area contributed by atoms with Crippen LogP contribution < -0.4 is 4.74 Å². The fraction of sp³-hybridized carbons (Fsp3) is 0.375. The van der Waals surface area contributed by atoms with E-state index in [1.807, 2.05) is 6.07 Å². The van der Waals surface area contributed by atoms with Gasteiger partial charge in [-0.05, 0) is 50.2 Å². The molecule has 0 saturated carbocycles.